The van der Waals surface area contributed by atoms with E-state index < -0.39 is 27.3 Å². The van der Waals surface area contributed by atoms with Crippen LogP contribution in [0.5, 0.6) is 5.75 Å². The smallest absolute Gasteiger partial charge is 0.179 e. The number of nitrogens with zero attached hydrogens (tertiary/aromatic N) is 2. The van der Waals surface area contributed by atoms with Crippen LogP contribution in [-0.2, 0) is 9.84 Å². The van der Waals surface area contributed by atoms with Gasteiger partial charge in [0, 0.05) is 43.7 Å². The van der Waals surface area contributed by atoms with Crippen molar-refractivity contribution in [1.82, 2.24) is 4.90 Å². The number of halogens is 1. The summed E-state index contributed by atoms with van der Waals surface area (Å²) in [4.78, 5) is 4.72. The molecule has 226 valence electrons. The fraction of sp³-hybridized carbons (Fsp3) is 0.625. The van der Waals surface area contributed by atoms with Crippen molar-refractivity contribution in [2.24, 2.45) is 5.41 Å². The molecule has 0 aromatic heterocycles. The van der Waals surface area contributed by atoms with E-state index >= 15 is 0 Å². The molecule has 2 aromatic rings. The first-order valence-corrected chi connectivity index (χ1v) is 16.4. The van der Waals surface area contributed by atoms with Crippen LogP contribution in [0.2, 0.25) is 0 Å². The second-order valence-corrected chi connectivity index (χ2v) is 13.4. The first kappa shape index (κ1) is 34.4. The minimum Gasteiger partial charge on any atom is -1.00 e. The zero-order valence-corrected chi connectivity index (χ0v) is 27.1. The Morgan fingerprint density at radius 1 is 1.10 bits per heavy atom. The van der Waals surface area contributed by atoms with E-state index in [-0.39, 0.29) is 18.2 Å². The van der Waals surface area contributed by atoms with E-state index in [1.165, 1.54) is 0 Å². The van der Waals surface area contributed by atoms with Gasteiger partial charge in [0.15, 0.2) is 9.84 Å². The maximum Gasteiger partial charge on any atom is 0.179 e. The molecule has 0 saturated heterocycles. The van der Waals surface area contributed by atoms with Crippen LogP contribution < -0.4 is 22.0 Å². The minimum absolute atomic E-state index is 0. The van der Waals surface area contributed by atoms with Crippen molar-refractivity contribution in [2.75, 3.05) is 44.4 Å². The first-order valence-electron chi connectivity index (χ1n) is 14.7. The van der Waals surface area contributed by atoms with Crippen LogP contribution in [0.25, 0.3) is 0 Å². The lowest BCUT2D eigenvalue weighted by molar-refractivity contribution is -0.0000155. The Morgan fingerprint density at radius 2 is 1.82 bits per heavy atom. The number of aliphatic hydroxyl groups is 1. The molecule has 1 aliphatic rings. The molecule has 0 amide bonds. The van der Waals surface area contributed by atoms with Gasteiger partial charge in [0.05, 0.1) is 16.8 Å². The number of unbranched alkanes of at least 4 members (excludes halogenated alkanes) is 1. The lowest BCUT2D eigenvalue weighted by Crippen LogP contribution is -3.00. The first-order chi connectivity index (χ1) is 18.5. The number of sulfone groups is 1. The average molecular weight is 594 g/mol. The van der Waals surface area contributed by atoms with E-state index in [4.69, 9.17) is 4.74 Å². The van der Waals surface area contributed by atoms with E-state index in [1.807, 2.05) is 62.3 Å². The third-order valence-electron chi connectivity index (χ3n) is 8.82. The number of hydrogen-bond donors (Lipinski definition) is 1. The molecule has 1 heterocycles. The third kappa shape index (κ3) is 7.53. The summed E-state index contributed by atoms with van der Waals surface area (Å²) in [6.45, 7) is 13.1. The van der Waals surface area contributed by atoms with Crippen LogP contribution in [0.15, 0.2) is 47.4 Å². The van der Waals surface area contributed by atoms with Gasteiger partial charge in [-0.1, -0.05) is 52.7 Å². The molecule has 4 atom stereocenters. The number of ether oxygens (including phenoxy) is 1. The molecule has 2 aromatic carbocycles. The number of rotatable bonds is 13. The van der Waals surface area contributed by atoms with Crippen LogP contribution >= 0.6 is 0 Å². The van der Waals surface area contributed by atoms with Gasteiger partial charge in [0.2, 0.25) is 0 Å². The summed E-state index contributed by atoms with van der Waals surface area (Å²) >= 11 is 0. The van der Waals surface area contributed by atoms with Crippen molar-refractivity contribution in [3.05, 3.63) is 53.6 Å². The van der Waals surface area contributed by atoms with Crippen molar-refractivity contribution >= 4 is 15.5 Å². The van der Waals surface area contributed by atoms with Crippen molar-refractivity contribution in [1.29, 1.82) is 0 Å². The highest BCUT2D eigenvalue weighted by molar-refractivity contribution is 7.91. The van der Waals surface area contributed by atoms with E-state index in [0.29, 0.717) is 35.9 Å². The Morgan fingerprint density at radius 3 is 2.42 bits per heavy atom. The van der Waals surface area contributed by atoms with Gasteiger partial charge in [-0.25, -0.2) is 8.42 Å². The van der Waals surface area contributed by atoms with Gasteiger partial charge in [-0.3, -0.25) is 4.90 Å². The summed E-state index contributed by atoms with van der Waals surface area (Å²) in [6, 6.07) is 14.0. The molecule has 0 bridgehead atoms. The summed E-state index contributed by atoms with van der Waals surface area (Å²) in [5.41, 5.74) is 1.74. The second-order valence-electron chi connectivity index (χ2n) is 11.4. The predicted octanol–water partition coefficient (Wildman–Crippen LogP) is 3.12. The Bertz CT molecular complexity index is 1190. The van der Waals surface area contributed by atoms with Crippen LogP contribution in [-0.4, -0.2) is 70.1 Å². The fourth-order valence-electron chi connectivity index (χ4n) is 6.03. The number of benzene rings is 2. The van der Waals surface area contributed by atoms with Crippen LogP contribution in [0.4, 0.5) is 5.69 Å². The fourth-order valence-corrected chi connectivity index (χ4v) is 8.28. The summed E-state index contributed by atoms with van der Waals surface area (Å²) in [7, 11) is 0.288. The topological polar surface area (TPSA) is 70.1 Å². The lowest BCUT2D eigenvalue weighted by atomic mass is 9.69. The second kappa shape index (κ2) is 14.9. The van der Waals surface area contributed by atoms with E-state index in [0.717, 1.165) is 49.4 Å². The van der Waals surface area contributed by atoms with E-state index in [1.54, 1.807) is 6.07 Å². The summed E-state index contributed by atoms with van der Waals surface area (Å²) in [6.07, 6.45) is 3.34. The molecular formula is C32H50ClN2O4S-. The Balaban J connectivity index is 0.00000560. The highest BCUT2D eigenvalue weighted by Crippen LogP contribution is 2.49. The zero-order valence-electron chi connectivity index (χ0n) is 25.5. The molecule has 1 unspecified atom stereocenters. The monoisotopic (exact) mass is 593 g/mol. The zero-order chi connectivity index (χ0) is 28.8. The SMILES string of the molecule is CCCC[C@]1(CC)CS(=O)(=O)c2ccc(N(C)C)cc2[C@@H](c2cccc(OCCN(CC)C(C)CC)c2)[C@H]1O.[Cl-]. The van der Waals surface area contributed by atoms with Crippen LogP contribution in [0, 0.1) is 5.41 Å². The van der Waals surface area contributed by atoms with E-state index in [2.05, 4.69) is 32.6 Å². The van der Waals surface area contributed by atoms with Gasteiger partial charge in [-0.05, 0) is 74.2 Å². The molecule has 0 fully saturated rings. The van der Waals surface area contributed by atoms with Crippen molar-refractivity contribution in [3.63, 3.8) is 0 Å². The maximum absolute atomic E-state index is 13.9. The van der Waals surface area contributed by atoms with Crippen LogP contribution in [0.1, 0.15) is 83.8 Å². The number of likely N-dealkylation sites (N-methyl/N-ethyl adjacent to an activating group) is 1. The molecule has 1 aliphatic heterocycles. The summed E-state index contributed by atoms with van der Waals surface area (Å²) in [5, 5.41) is 12.2. The molecule has 3 rings (SSSR count). The molecular weight excluding hydrogens is 544 g/mol. The molecule has 0 saturated carbocycles. The summed E-state index contributed by atoms with van der Waals surface area (Å²) < 4.78 is 33.9. The molecule has 40 heavy (non-hydrogen) atoms. The molecule has 1 N–H and O–H groups in total. The number of anilines is 1. The lowest BCUT2D eigenvalue weighted by Gasteiger charge is -2.39. The van der Waals surface area contributed by atoms with Crippen molar-refractivity contribution in [2.45, 2.75) is 89.7 Å². The van der Waals surface area contributed by atoms with Gasteiger partial charge in [0.25, 0.3) is 0 Å². The average Bonchev–Trinajstić information content (AvgIpc) is 2.99. The highest BCUT2D eigenvalue weighted by Gasteiger charge is 2.49. The van der Waals surface area contributed by atoms with Gasteiger partial charge < -0.3 is 27.2 Å². The normalized spacial score (nSPS) is 22.6. The molecule has 0 aliphatic carbocycles. The van der Waals surface area contributed by atoms with Gasteiger partial charge in [-0.2, -0.15) is 0 Å². The Hall–Kier alpha value is -1.80. The minimum atomic E-state index is -3.61. The van der Waals surface area contributed by atoms with E-state index in [9.17, 15) is 13.5 Å². The number of aliphatic hydroxyl groups excluding tert-OH is 1. The largest absolute Gasteiger partial charge is 1.00 e. The molecule has 8 heteroatoms. The Kier molecular flexibility index (Phi) is 12.8. The van der Waals surface area contributed by atoms with Crippen molar-refractivity contribution < 1.29 is 30.7 Å². The molecule has 0 spiro atoms. The highest BCUT2D eigenvalue weighted by atomic mass is 35.5. The quantitative estimate of drug-likeness (QED) is 0.385. The number of hydrogen-bond acceptors (Lipinski definition) is 6. The predicted molar refractivity (Wildman–Crippen MR) is 162 cm³/mol. The summed E-state index contributed by atoms with van der Waals surface area (Å²) in [5.74, 6) is 0.221. The van der Waals surface area contributed by atoms with Gasteiger partial charge in [-0.15, -0.1) is 0 Å². The standard InChI is InChI=1S/C32H50N2O4S.ClH/c1-8-12-18-32(10-3)23-39(36,37)29-17-16-26(33(6)7)22-28(29)30(31(32)35)25-14-13-15-27(21-25)38-20-19-34(11-4)24(5)9-2;/h13-17,21-22,24,30-31,35H,8-12,18-20,23H2,1-7H3;1H/p-1/t24?,30-,31-,32-;/m1./s1. The van der Waals surface area contributed by atoms with Crippen molar-refractivity contribution in [3.8, 4) is 5.75 Å². The maximum atomic E-state index is 13.9. The molecule has 6 nitrogen and oxygen atoms in total. The third-order valence-corrected chi connectivity index (χ3v) is 10.8. The Labute approximate surface area is 249 Å². The molecule has 0 radical (unpaired) electrons. The number of fused-ring (bicyclic) bond motifs is 1. The van der Waals surface area contributed by atoms with Gasteiger partial charge >= 0.3 is 0 Å². The van der Waals surface area contributed by atoms with Gasteiger partial charge in [0.1, 0.15) is 12.4 Å². The van der Waals surface area contributed by atoms with Crippen LogP contribution in [0.3, 0.4) is 0 Å².